The molecule has 3 heteroatoms. The van der Waals surface area contributed by atoms with Crippen molar-refractivity contribution in [2.24, 2.45) is 0 Å². The molecular formula is C15H14N2S. The number of nitrogens with zero attached hydrogens (tertiary/aromatic N) is 1. The first-order chi connectivity index (χ1) is 8.70. The molecule has 0 aliphatic rings. The Morgan fingerprint density at radius 2 is 2.00 bits per heavy atom. The number of nitriles is 1. The van der Waals surface area contributed by atoms with Gasteiger partial charge < -0.3 is 5.73 Å². The molecule has 18 heavy (non-hydrogen) atoms. The van der Waals surface area contributed by atoms with Gasteiger partial charge in [0.2, 0.25) is 0 Å². The molecule has 0 spiro atoms. The van der Waals surface area contributed by atoms with E-state index < -0.39 is 0 Å². The largest absolute Gasteiger partial charge is 0.399 e. The summed E-state index contributed by atoms with van der Waals surface area (Å²) in [4.78, 5) is 1.21. The minimum atomic E-state index is 0.748. The molecule has 0 heterocycles. The van der Waals surface area contributed by atoms with Crippen molar-refractivity contribution in [3.05, 3.63) is 59.2 Å². The zero-order valence-corrected chi connectivity index (χ0v) is 11.0. The molecule has 0 aliphatic carbocycles. The summed E-state index contributed by atoms with van der Waals surface area (Å²) in [6.07, 6.45) is 0. The van der Waals surface area contributed by atoms with Gasteiger partial charge in [-0.15, -0.1) is 11.8 Å². The molecule has 2 nitrogen and oxygen atoms in total. The molecule has 0 unspecified atom stereocenters. The van der Waals surface area contributed by atoms with Crippen molar-refractivity contribution >= 4 is 17.4 Å². The van der Waals surface area contributed by atoms with Gasteiger partial charge in [0, 0.05) is 16.3 Å². The number of hydrogen-bond acceptors (Lipinski definition) is 3. The summed E-state index contributed by atoms with van der Waals surface area (Å²) in [5.74, 6) is 0.800. The van der Waals surface area contributed by atoms with Crippen molar-refractivity contribution in [2.45, 2.75) is 17.6 Å². The lowest BCUT2D eigenvalue weighted by molar-refractivity contribution is 1.28. The fraction of sp³-hybridized carbons (Fsp3) is 0.133. The van der Waals surface area contributed by atoms with E-state index in [1.807, 2.05) is 42.5 Å². The molecule has 0 bridgehead atoms. The normalized spacial score (nSPS) is 10.0. The predicted octanol–water partition coefficient (Wildman–Crippen LogP) is 3.74. The van der Waals surface area contributed by atoms with Crippen LogP contribution in [-0.4, -0.2) is 0 Å². The maximum atomic E-state index is 9.03. The molecule has 0 aromatic heterocycles. The number of anilines is 1. The van der Waals surface area contributed by atoms with E-state index in [1.165, 1.54) is 10.5 Å². The van der Waals surface area contributed by atoms with Gasteiger partial charge in [0.25, 0.3) is 0 Å². The molecule has 2 aromatic carbocycles. The van der Waals surface area contributed by atoms with E-state index in [0.29, 0.717) is 0 Å². The molecule has 0 fully saturated rings. The van der Waals surface area contributed by atoms with Crippen molar-refractivity contribution in [1.29, 1.82) is 5.26 Å². The summed E-state index contributed by atoms with van der Waals surface area (Å²) in [6, 6.07) is 15.8. The molecule has 0 saturated heterocycles. The number of thioether (sulfide) groups is 1. The molecule has 2 rings (SSSR count). The van der Waals surface area contributed by atoms with E-state index in [1.54, 1.807) is 11.8 Å². The zero-order valence-electron chi connectivity index (χ0n) is 10.2. The molecule has 2 aromatic rings. The zero-order chi connectivity index (χ0) is 13.0. The topological polar surface area (TPSA) is 49.8 Å². The highest BCUT2D eigenvalue weighted by molar-refractivity contribution is 7.98. The van der Waals surface area contributed by atoms with Gasteiger partial charge in [-0.3, -0.25) is 0 Å². The number of hydrogen-bond donors (Lipinski definition) is 1. The Balaban J connectivity index is 2.14. The third-order valence-corrected chi connectivity index (χ3v) is 3.94. The fourth-order valence-electron chi connectivity index (χ4n) is 1.75. The minimum Gasteiger partial charge on any atom is -0.399 e. The molecule has 0 amide bonds. The smallest absolute Gasteiger partial charge is 0.0994 e. The van der Waals surface area contributed by atoms with Gasteiger partial charge >= 0.3 is 0 Å². The lowest BCUT2D eigenvalue weighted by Crippen LogP contribution is -1.89. The van der Waals surface area contributed by atoms with Crippen LogP contribution in [0.5, 0.6) is 0 Å². The van der Waals surface area contributed by atoms with Crippen LogP contribution in [0.2, 0.25) is 0 Å². The van der Waals surface area contributed by atoms with Crippen LogP contribution < -0.4 is 5.73 Å². The summed E-state index contributed by atoms with van der Waals surface area (Å²) in [6.45, 7) is 2.05. The molecule has 0 saturated carbocycles. The SMILES string of the molecule is Cc1cc(N)ccc1SCc1ccccc1C#N. The van der Waals surface area contributed by atoms with Crippen LogP contribution in [0.15, 0.2) is 47.4 Å². The van der Waals surface area contributed by atoms with Gasteiger partial charge in [0.05, 0.1) is 11.6 Å². The second-order valence-electron chi connectivity index (χ2n) is 4.08. The Hall–Kier alpha value is -1.92. The van der Waals surface area contributed by atoms with E-state index in [9.17, 15) is 0 Å². The first kappa shape index (κ1) is 12.5. The molecule has 0 atom stereocenters. The summed E-state index contributed by atoms with van der Waals surface area (Å²) in [5.41, 5.74) is 9.51. The maximum Gasteiger partial charge on any atom is 0.0994 e. The number of aryl methyl sites for hydroxylation is 1. The van der Waals surface area contributed by atoms with Crippen LogP contribution in [0.25, 0.3) is 0 Å². The van der Waals surface area contributed by atoms with Crippen molar-refractivity contribution in [2.75, 3.05) is 5.73 Å². The highest BCUT2D eigenvalue weighted by atomic mass is 32.2. The fourth-order valence-corrected chi connectivity index (χ4v) is 2.76. The van der Waals surface area contributed by atoms with Crippen LogP contribution in [-0.2, 0) is 5.75 Å². The predicted molar refractivity (Wildman–Crippen MR) is 76.3 cm³/mol. The van der Waals surface area contributed by atoms with Crippen LogP contribution in [0.3, 0.4) is 0 Å². The highest BCUT2D eigenvalue weighted by Crippen LogP contribution is 2.28. The van der Waals surface area contributed by atoms with Gasteiger partial charge in [-0.1, -0.05) is 18.2 Å². The molecule has 90 valence electrons. The molecule has 0 aliphatic heterocycles. The summed E-state index contributed by atoms with van der Waals surface area (Å²) < 4.78 is 0. The van der Waals surface area contributed by atoms with Crippen molar-refractivity contribution < 1.29 is 0 Å². The summed E-state index contributed by atoms with van der Waals surface area (Å²) >= 11 is 1.73. The first-order valence-corrected chi connectivity index (χ1v) is 6.66. The second kappa shape index (κ2) is 5.61. The van der Waals surface area contributed by atoms with Gasteiger partial charge in [-0.2, -0.15) is 5.26 Å². The van der Waals surface area contributed by atoms with E-state index in [-0.39, 0.29) is 0 Å². The number of nitrogen functional groups attached to an aromatic ring is 1. The van der Waals surface area contributed by atoms with Gasteiger partial charge in [0.1, 0.15) is 0 Å². The minimum absolute atomic E-state index is 0.748. The van der Waals surface area contributed by atoms with Crippen molar-refractivity contribution in [3.63, 3.8) is 0 Å². The Bertz CT molecular complexity index is 600. The van der Waals surface area contributed by atoms with Crippen LogP contribution >= 0.6 is 11.8 Å². The van der Waals surface area contributed by atoms with E-state index in [0.717, 1.165) is 22.6 Å². The molecular weight excluding hydrogens is 240 g/mol. The number of nitrogens with two attached hydrogens (primary N) is 1. The maximum absolute atomic E-state index is 9.03. The van der Waals surface area contributed by atoms with Crippen molar-refractivity contribution in [3.8, 4) is 6.07 Å². The highest BCUT2D eigenvalue weighted by Gasteiger charge is 2.04. The van der Waals surface area contributed by atoms with E-state index in [2.05, 4.69) is 13.0 Å². The third kappa shape index (κ3) is 2.85. The van der Waals surface area contributed by atoms with Crippen LogP contribution in [0, 0.1) is 18.3 Å². The van der Waals surface area contributed by atoms with Crippen LogP contribution in [0.4, 0.5) is 5.69 Å². The monoisotopic (exact) mass is 254 g/mol. The number of rotatable bonds is 3. The van der Waals surface area contributed by atoms with Gasteiger partial charge in [-0.25, -0.2) is 0 Å². The Morgan fingerprint density at radius 3 is 2.72 bits per heavy atom. The van der Waals surface area contributed by atoms with E-state index >= 15 is 0 Å². The van der Waals surface area contributed by atoms with Gasteiger partial charge in [0.15, 0.2) is 0 Å². The second-order valence-corrected chi connectivity index (χ2v) is 5.10. The summed E-state index contributed by atoms with van der Waals surface area (Å²) in [5, 5.41) is 9.03. The Kier molecular flexibility index (Phi) is 3.91. The van der Waals surface area contributed by atoms with E-state index in [4.69, 9.17) is 11.0 Å². The average molecular weight is 254 g/mol. The van der Waals surface area contributed by atoms with Crippen molar-refractivity contribution in [1.82, 2.24) is 0 Å². The molecule has 2 N–H and O–H groups in total. The Labute approximate surface area is 111 Å². The average Bonchev–Trinajstić information content (AvgIpc) is 2.38. The third-order valence-electron chi connectivity index (χ3n) is 2.72. The van der Waals surface area contributed by atoms with Crippen LogP contribution in [0.1, 0.15) is 16.7 Å². The first-order valence-electron chi connectivity index (χ1n) is 5.67. The molecule has 0 radical (unpaired) electrons. The Morgan fingerprint density at radius 1 is 1.22 bits per heavy atom. The summed E-state index contributed by atoms with van der Waals surface area (Å²) in [7, 11) is 0. The quantitative estimate of drug-likeness (QED) is 0.670. The van der Waals surface area contributed by atoms with Gasteiger partial charge in [-0.05, 0) is 42.3 Å². The number of benzene rings is 2. The lowest BCUT2D eigenvalue weighted by Gasteiger charge is -2.07. The standard InChI is InChI=1S/C15H14N2S/c1-11-8-14(17)6-7-15(11)18-10-13-5-3-2-4-12(13)9-16/h2-8H,10,17H2,1H3. The lowest BCUT2D eigenvalue weighted by atomic mass is 10.1.